The summed E-state index contributed by atoms with van der Waals surface area (Å²) in [5, 5.41) is 6.56. The van der Waals surface area contributed by atoms with Crippen molar-refractivity contribution in [3.8, 4) is 0 Å². The molecule has 2 heterocycles. The lowest BCUT2D eigenvalue weighted by Crippen LogP contribution is -2.28. The van der Waals surface area contributed by atoms with Crippen LogP contribution in [0.5, 0.6) is 0 Å². The van der Waals surface area contributed by atoms with Crippen molar-refractivity contribution in [1.29, 1.82) is 0 Å². The summed E-state index contributed by atoms with van der Waals surface area (Å²) < 4.78 is 6.08. The van der Waals surface area contributed by atoms with E-state index < -0.39 is 0 Å². The molecule has 0 saturated heterocycles. The van der Waals surface area contributed by atoms with Gasteiger partial charge in [0.1, 0.15) is 11.6 Å². The molecule has 0 spiro atoms. The van der Waals surface area contributed by atoms with Crippen LogP contribution in [0.3, 0.4) is 0 Å². The number of aromatic nitrogens is 1. The van der Waals surface area contributed by atoms with Crippen LogP contribution in [0.15, 0.2) is 39.5 Å². The highest BCUT2D eigenvalue weighted by molar-refractivity contribution is 9.10. The van der Waals surface area contributed by atoms with Crippen LogP contribution in [0.2, 0.25) is 0 Å². The van der Waals surface area contributed by atoms with Crippen molar-refractivity contribution in [1.82, 2.24) is 10.3 Å². The molecule has 0 aromatic carbocycles. The molecule has 2 aromatic heterocycles. The maximum absolute atomic E-state index is 5.20. The van der Waals surface area contributed by atoms with E-state index in [-0.39, 0.29) is 0 Å². The van der Waals surface area contributed by atoms with E-state index in [1.165, 1.54) is 0 Å². The Morgan fingerprint density at radius 1 is 1.56 bits per heavy atom. The molecule has 2 aromatic rings. The van der Waals surface area contributed by atoms with Gasteiger partial charge in [0.05, 0.1) is 17.3 Å². The van der Waals surface area contributed by atoms with E-state index in [0.717, 1.165) is 15.8 Å². The van der Waals surface area contributed by atoms with Crippen molar-refractivity contribution in [3.05, 3.63) is 46.5 Å². The van der Waals surface area contributed by atoms with E-state index in [9.17, 15) is 0 Å². The van der Waals surface area contributed by atoms with Crippen molar-refractivity contribution in [2.45, 2.75) is 13.5 Å². The second-order valence-corrected chi connectivity index (χ2v) is 4.99. The zero-order valence-corrected chi connectivity index (χ0v) is 12.1. The summed E-state index contributed by atoms with van der Waals surface area (Å²) in [6, 6.07) is 5.70. The average Bonchev–Trinajstić information content (AvgIpc) is 2.83. The number of pyridine rings is 1. The Hall–Kier alpha value is -1.40. The fourth-order valence-corrected chi connectivity index (χ4v) is 2.09. The second-order valence-electron chi connectivity index (χ2n) is 3.73. The van der Waals surface area contributed by atoms with Gasteiger partial charge in [-0.3, -0.25) is 0 Å². The highest BCUT2D eigenvalue weighted by Crippen LogP contribution is 2.20. The van der Waals surface area contributed by atoms with Crippen molar-refractivity contribution in [2.75, 3.05) is 5.32 Å². The molecule has 0 aliphatic heterocycles. The first-order valence-electron chi connectivity index (χ1n) is 5.34. The Morgan fingerprint density at radius 3 is 3.06 bits per heavy atom. The van der Waals surface area contributed by atoms with Gasteiger partial charge < -0.3 is 15.1 Å². The number of halogens is 1. The Kier molecular flexibility index (Phi) is 4.33. The van der Waals surface area contributed by atoms with Gasteiger partial charge in [-0.1, -0.05) is 0 Å². The molecule has 0 fully saturated rings. The monoisotopic (exact) mass is 325 g/mol. The summed E-state index contributed by atoms with van der Waals surface area (Å²) in [5.74, 6) is 1.52. The fraction of sp³-hybridized carbons (Fsp3) is 0.167. The molecule has 0 amide bonds. The highest BCUT2D eigenvalue weighted by Gasteiger charge is 2.04. The average molecular weight is 326 g/mol. The van der Waals surface area contributed by atoms with Crippen LogP contribution in [-0.4, -0.2) is 10.1 Å². The second kappa shape index (κ2) is 5.97. The lowest BCUT2D eigenvalue weighted by atomic mass is 10.3. The smallest absolute Gasteiger partial charge is 0.172 e. The Balaban J connectivity index is 1.91. The topological polar surface area (TPSA) is 50.1 Å². The van der Waals surface area contributed by atoms with Crippen LogP contribution >= 0.6 is 28.1 Å². The third-order valence-corrected chi connectivity index (χ3v) is 3.06. The number of nitrogens with one attached hydrogen (secondary N) is 2. The van der Waals surface area contributed by atoms with Gasteiger partial charge in [0.25, 0.3) is 0 Å². The van der Waals surface area contributed by atoms with Gasteiger partial charge in [0, 0.05) is 6.20 Å². The van der Waals surface area contributed by atoms with E-state index in [1.54, 1.807) is 12.5 Å². The maximum Gasteiger partial charge on any atom is 0.172 e. The number of rotatable bonds is 3. The third-order valence-electron chi connectivity index (χ3n) is 2.21. The number of thiocarbonyl (C=S) groups is 1. The summed E-state index contributed by atoms with van der Waals surface area (Å²) >= 11 is 8.61. The van der Waals surface area contributed by atoms with Crippen LogP contribution in [-0.2, 0) is 6.54 Å². The molecule has 6 heteroatoms. The van der Waals surface area contributed by atoms with Crippen molar-refractivity contribution in [2.24, 2.45) is 0 Å². The third kappa shape index (κ3) is 3.54. The Labute approximate surface area is 119 Å². The number of aryl methyl sites for hydroxylation is 1. The van der Waals surface area contributed by atoms with E-state index in [4.69, 9.17) is 16.6 Å². The predicted octanol–water partition coefficient (Wildman–Crippen LogP) is 3.23. The van der Waals surface area contributed by atoms with Crippen LogP contribution in [0.4, 0.5) is 5.82 Å². The van der Waals surface area contributed by atoms with Crippen LogP contribution < -0.4 is 10.6 Å². The van der Waals surface area contributed by atoms with Crippen LogP contribution in [0, 0.1) is 6.92 Å². The summed E-state index contributed by atoms with van der Waals surface area (Å²) in [4.78, 5) is 4.25. The molecule has 0 bridgehead atoms. The zero-order valence-electron chi connectivity index (χ0n) is 9.74. The predicted molar refractivity (Wildman–Crippen MR) is 78.4 cm³/mol. The highest BCUT2D eigenvalue weighted by atomic mass is 79.9. The van der Waals surface area contributed by atoms with E-state index in [1.807, 2.05) is 25.1 Å². The van der Waals surface area contributed by atoms with E-state index in [0.29, 0.717) is 17.5 Å². The normalized spacial score (nSPS) is 10.1. The zero-order chi connectivity index (χ0) is 13.0. The lowest BCUT2D eigenvalue weighted by molar-refractivity contribution is 0.503. The SMILES string of the molecule is Cc1cnc(NC(=S)NCc2ccco2)c(Br)c1. The van der Waals surface area contributed by atoms with Gasteiger partial charge in [-0.15, -0.1) is 0 Å². The molecule has 0 saturated carbocycles. The van der Waals surface area contributed by atoms with Gasteiger partial charge in [0.2, 0.25) is 0 Å². The van der Waals surface area contributed by atoms with Gasteiger partial charge in [-0.05, 0) is 58.8 Å². The fourth-order valence-electron chi connectivity index (χ4n) is 1.36. The minimum absolute atomic E-state index is 0.503. The summed E-state index contributed by atoms with van der Waals surface area (Å²) in [6.07, 6.45) is 3.41. The standard InChI is InChI=1S/C12H12BrN3OS/c1-8-5-10(13)11(14-6-8)16-12(18)15-7-9-3-2-4-17-9/h2-6H,7H2,1H3,(H2,14,15,16,18). The molecule has 2 rings (SSSR count). The molecule has 18 heavy (non-hydrogen) atoms. The summed E-state index contributed by atoms with van der Waals surface area (Å²) in [5.41, 5.74) is 1.09. The van der Waals surface area contributed by atoms with Gasteiger partial charge in [-0.25, -0.2) is 4.98 Å². The molecular weight excluding hydrogens is 314 g/mol. The van der Waals surface area contributed by atoms with Crippen molar-refractivity contribution >= 4 is 39.1 Å². The van der Waals surface area contributed by atoms with Gasteiger partial charge in [-0.2, -0.15) is 0 Å². The first-order valence-corrected chi connectivity index (χ1v) is 6.54. The molecule has 94 valence electrons. The van der Waals surface area contributed by atoms with Gasteiger partial charge in [0.15, 0.2) is 5.11 Å². The first-order chi connectivity index (χ1) is 8.65. The molecule has 4 nitrogen and oxygen atoms in total. The van der Waals surface area contributed by atoms with Crippen LogP contribution in [0.1, 0.15) is 11.3 Å². The largest absolute Gasteiger partial charge is 0.467 e. The minimum Gasteiger partial charge on any atom is -0.467 e. The molecule has 0 aliphatic carbocycles. The number of anilines is 1. The summed E-state index contributed by atoms with van der Waals surface area (Å²) in [7, 11) is 0. The maximum atomic E-state index is 5.20. The minimum atomic E-state index is 0.503. The quantitative estimate of drug-likeness (QED) is 0.848. The lowest BCUT2D eigenvalue weighted by Gasteiger charge is -2.10. The number of nitrogens with zero attached hydrogens (tertiary/aromatic N) is 1. The molecular formula is C12H12BrN3OS. The van der Waals surface area contributed by atoms with E-state index >= 15 is 0 Å². The molecule has 0 aliphatic rings. The number of hydrogen-bond acceptors (Lipinski definition) is 3. The molecule has 0 unspecified atom stereocenters. The van der Waals surface area contributed by atoms with E-state index in [2.05, 4.69) is 31.5 Å². The first kappa shape index (κ1) is 13.0. The van der Waals surface area contributed by atoms with Gasteiger partial charge >= 0.3 is 0 Å². The van der Waals surface area contributed by atoms with Crippen LogP contribution in [0.25, 0.3) is 0 Å². The summed E-state index contributed by atoms with van der Waals surface area (Å²) in [6.45, 7) is 2.53. The number of hydrogen-bond donors (Lipinski definition) is 2. The Bertz CT molecular complexity index is 542. The Morgan fingerprint density at radius 2 is 2.39 bits per heavy atom. The van der Waals surface area contributed by atoms with Crippen molar-refractivity contribution < 1.29 is 4.42 Å². The van der Waals surface area contributed by atoms with Crippen molar-refractivity contribution in [3.63, 3.8) is 0 Å². The molecule has 0 atom stereocenters. The molecule has 2 N–H and O–H groups in total. The molecule has 0 radical (unpaired) electrons. The number of furan rings is 1.